The van der Waals surface area contributed by atoms with E-state index in [0.717, 1.165) is 28.6 Å². The van der Waals surface area contributed by atoms with Crippen LogP contribution in [0.15, 0.2) is 47.6 Å². The van der Waals surface area contributed by atoms with Crippen LogP contribution in [-0.2, 0) is 14.4 Å². The van der Waals surface area contributed by atoms with Crippen LogP contribution in [0.25, 0.3) is 0 Å². The quantitative estimate of drug-likeness (QED) is 0.497. The third-order valence-corrected chi connectivity index (χ3v) is 4.40. The summed E-state index contributed by atoms with van der Waals surface area (Å²) in [5, 5.41) is 9.19. The number of nitrogens with one attached hydrogen (secondary N) is 2. The zero-order valence-corrected chi connectivity index (χ0v) is 17.7. The summed E-state index contributed by atoms with van der Waals surface area (Å²) in [7, 11) is 0. The molecule has 0 bridgehead atoms. The van der Waals surface area contributed by atoms with E-state index in [1.165, 1.54) is 0 Å². The molecule has 0 aliphatic rings. The van der Waals surface area contributed by atoms with E-state index in [4.69, 9.17) is 4.84 Å². The van der Waals surface area contributed by atoms with Gasteiger partial charge in [0.2, 0.25) is 0 Å². The van der Waals surface area contributed by atoms with Crippen molar-refractivity contribution in [2.75, 3.05) is 17.2 Å². The zero-order chi connectivity index (χ0) is 21.4. The molecule has 0 aliphatic heterocycles. The molecule has 29 heavy (non-hydrogen) atoms. The summed E-state index contributed by atoms with van der Waals surface area (Å²) in [4.78, 5) is 29.1. The van der Waals surface area contributed by atoms with E-state index in [9.17, 15) is 9.59 Å². The number of hydrogen-bond donors (Lipinski definition) is 2. The molecular weight excluding hydrogens is 366 g/mol. The Morgan fingerprint density at radius 2 is 1.55 bits per heavy atom. The van der Waals surface area contributed by atoms with Crippen molar-refractivity contribution in [3.05, 3.63) is 59.2 Å². The second kappa shape index (κ2) is 10.4. The molecule has 0 fully saturated rings. The van der Waals surface area contributed by atoms with Gasteiger partial charge in [0.15, 0.2) is 6.61 Å². The number of nitrogens with zero attached hydrogens (tertiary/aromatic N) is 1. The van der Waals surface area contributed by atoms with E-state index in [-0.39, 0.29) is 24.3 Å². The van der Waals surface area contributed by atoms with E-state index in [0.29, 0.717) is 5.69 Å². The molecule has 0 atom stereocenters. The summed E-state index contributed by atoms with van der Waals surface area (Å²) >= 11 is 0. The predicted molar refractivity (Wildman–Crippen MR) is 118 cm³/mol. The monoisotopic (exact) mass is 395 g/mol. The molecule has 0 radical (unpaired) electrons. The van der Waals surface area contributed by atoms with Gasteiger partial charge in [0.1, 0.15) is 6.21 Å². The third kappa shape index (κ3) is 6.75. The lowest BCUT2D eigenvalue weighted by molar-refractivity contribution is -0.120. The van der Waals surface area contributed by atoms with Gasteiger partial charge in [0.25, 0.3) is 11.8 Å². The fourth-order valence-corrected chi connectivity index (χ4v) is 2.86. The van der Waals surface area contributed by atoms with Gasteiger partial charge < -0.3 is 15.5 Å². The molecule has 2 amide bonds. The molecule has 0 saturated heterocycles. The van der Waals surface area contributed by atoms with Gasteiger partial charge in [-0.3, -0.25) is 9.59 Å². The molecule has 2 aromatic carbocycles. The molecule has 2 aromatic rings. The predicted octanol–water partition coefficient (Wildman–Crippen LogP) is 4.82. The first-order valence-corrected chi connectivity index (χ1v) is 9.73. The van der Waals surface area contributed by atoms with Gasteiger partial charge in [0.05, 0.1) is 0 Å². The van der Waals surface area contributed by atoms with E-state index in [2.05, 4.69) is 43.5 Å². The summed E-state index contributed by atoms with van der Waals surface area (Å²) in [5.41, 5.74) is 4.74. The second-order valence-electron chi connectivity index (χ2n) is 7.53. The Morgan fingerprint density at radius 3 is 2.10 bits per heavy atom. The van der Waals surface area contributed by atoms with Gasteiger partial charge in [-0.25, -0.2) is 0 Å². The van der Waals surface area contributed by atoms with Crippen LogP contribution in [0.3, 0.4) is 0 Å². The summed E-state index contributed by atoms with van der Waals surface area (Å²) in [6.07, 6.45) is 1.01. The van der Waals surface area contributed by atoms with Crippen LogP contribution in [0.2, 0.25) is 0 Å². The highest BCUT2D eigenvalue weighted by Gasteiger charge is 2.16. The summed E-state index contributed by atoms with van der Waals surface area (Å²) in [6.45, 7) is 10.0. The summed E-state index contributed by atoms with van der Waals surface area (Å²) in [5.74, 6) is -0.209. The van der Waals surface area contributed by atoms with Crippen molar-refractivity contribution in [3.63, 3.8) is 0 Å². The molecule has 6 nitrogen and oxygen atoms in total. The Labute approximate surface area is 172 Å². The van der Waals surface area contributed by atoms with Crippen LogP contribution in [0, 0.1) is 6.92 Å². The molecular formula is C23H29N3O3. The minimum Gasteiger partial charge on any atom is -0.385 e. The normalized spacial score (nSPS) is 11.1. The Kier molecular flexibility index (Phi) is 7.95. The first kappa shape index (κ1) is 22.1. The maximum Gasteiger partial charge on any atom is 0.270 e. The number of amides is 2. The molecule has 154 valence electrons. The zero-order valence-electron chi connectivity index (χ0n) is 17.7. The molecule has 0 aromatic heterocycles. The molecule has 2 N–H and O–H groups in total. The minimum absolute atomic E-state index is 0.272. The van der Waals surface area contributed by atoms with E-state index < -0.39 is 5.91 Å². The highest BCUT2D eigenvalue weighted by Crippen LogP contribution is 2.32. The Bertz CT molecular complexity index is 845. The lowest BCUT2D eigenvalue weighted by Gasteiger charge is -2.19. The summed E-state index contributed by atoms with van der Waals surface area (Å²) in [6, 6.07) is 13.4. The maximum atomic E-state index is 12.3. The van der Waals surface area contributed by atoms with Crippen LogP contribution < -0.4 is 10.6 Å². The first-order valence-electron chi connectivity index (χ1n) is 9.73. The Morgan fingerprint density at radius 1 is 0.966 bits per heavy atom. The van der Waals surface area contributed by atoms with Crippen molar-refractivity contribution in [1.29, 1.82) is 0 Å². The summed E-state index contributed by atoms with van der Waals surface area (Å²) < 4.78 is 0. The van der Waals surface area contributed by atoms with Crippen molar-refractivity contribution in [2.45, 2.75) is 46.5 Å². The number of carbonyl (C=O) groups is 2. The highest BCUT2D eigenvalue weighted by atomic mass is 16.6. The molecule has 0 unspecified atom stereocenters. The molecule has 0 spiro atoms. The van der Waals surface area contributed by atoms with Gasteiger partial charge in [-0.2, -0.15) is 0 Å². The van der Waals surface area contributed by atoms with Crippen molar-refractivity contribution in [1.82, 2.24) is 0 Å². The van der Waals surface area contributed by atoms with Crippen molar-refractivity contribution < 1.29 is 14.4 Å². The number of hydrogen-bond acceptors (Lipinski definition) is 4. The van der Waals surface area contributed by atoms with Crippen molar-refractivity contribution in [3.8, 4) is 0 Å². The topological polar surface area (TPSA) is 79.8 Å². The van der Waals surface area contributed by atoms with Crippen LogP contribution in [0.5, 0.6) is 0 Å². The van der Waals surface area contributed by atoms with Gasteiger partial charge in [0, 0.05) is 11.4 Å². The molecule has 6 heteroatoms. The largest absolute Gasteiger partial charge is 0.385 e. The number of rotatable bonds is 8. The van der Waals surface area contributed by atoms with Gasteiger partial charge in [-0.1, -0.05) is 68.7 Å². The Balaban J connectivity index is 1.91. The SMILES string of the molecule is Cc1ccc(NC(=O)C=NOCC(=O)Nc2c(C(C)C)cccc2C(C)C)cc1. The standard InChI is InChI=1S/C23H29N3O3/c1-15(2)19-7-6-8-20(16(3)4)23(19)26-22(28)14-29-24-13-21(27)25-18-11-9-17(5)10-12-18/h6-13,15-16H,14H2,1-5H3,(H,25,27)(H,26,28). The van der Waals surface area contributed by atoms with Crippen LogP contribution in [-0.4, -0.2) is 24.6 Å². The van der Waals surface area contributed by atoms with Gasteiger partial charge in [-0.15, -0.1) is 0 Å². The molecule has 0 aliphatic carbocycles. The number of anilines is 2. The first-order chi connectivity index (χ1) is 13.8. The van der Waals surface area contributed by atoms with E-state index >= 15 is 0 Å². The van der Waals surface area contributed by atoms with E-state index in [1.54, 1.807) is 12.1 Å². The third-order valence-electron chi connectivity index (χ3n) is 4.40. The van der Waals surface area contributed by atoms with Crippen molar-refractivity contribution >= 4 is 29.4 Å². The number of para-hydroxylation sites is 1. The average Bonchev–Trinajstić information content (AvgIpc) is 2.67. The van der Waals surface area contributed by atoms with Gasteiger partial charge >= 0.3 is 0 Å². The fraction of sp³-hybridized carbons (Fsp3) is 0.348. The maximum absolute atomic E-state index is 12.3. The number of carbonyl (C=O) groups excluding carboxylic acids is 2. The number of benzene rings is 2. The lowest BCUT2D eigenvalue weighted by atomic mass is 9.92. The number of aryl methyl sites for hydroxylation is 1. The highest BCUT2D eigenvalue weighted by molar-refractivity contribution is 6.31. The van der Waals surface area contributed by atoms with Crippen LogP contribution in [0.1, 0.15) is 56.2 Å². The lowest BCUT2D eigenvalue weighted by Crippen LogP contribution is -2.20. The van der Waals surface area contributed by atoms with Gasteiger partial charge in [-0.05, 0) is 42.0 Å². The Hall–Kier alpha value is -3.15. The minimum atomic E-state index is -0.429. The number of oxime groups is 1. The average molecular weight is 396 g/mol. The molecule has 2 rings (SSSR count). The smallest absolute Gasteiger partial charge is 0.270 e. The van der Waals surface area contributed by atoms with Crippen molar-refractivity contribution in [2.24, 2.45) is 5.16 Å². The van der Waals surface area contributed by atoms with Crippen LogP contribution in [0.4, 0.5) is 11.4 Å². The second-order valence-corrected chi connectivity index (χ2v) is 7.53. The molecule has 0 heterocycles. The van der Waals surface area contributed by atoms with Crippen LogP contribution >= 0.6 is 0 Å². The fourth-order valence-electron chi connectivity index (χ4n) is 2.86. The molecule has 0 saturated carbocycles. The van der Waals surface area contributed by atoms with E-state index in [1.807, 2.05) is 37.3 Å².